The van der Waals surface area contributed by atoms with Crippen molar-refractivity contribution in [3.63, 3.8) is 0 Å². The second-order valence-electron chi connectivity index (χ2n) is 6.71. The van der Waals surface area contributed by atoms with Crippen LogP contribution in [-0.4, -0.2) is 49.2 Å². The molecule has 0 spiro atoms. The van der Waals surface area contributed by atoms with Gasteiger partial charge in [-0.1, -0.05) is 0 Å². The standard InChI is InChI=1S/C19H28N2O3/c1-4-23-17-9-6-13(10-18(17)24-5-2)19(22)21(3)16-11-14-7-8-15(12-16)20-14/h6,9-10,14-16,20H,4-5,7-8,11-12H2,1-3H3. The summed E-state index contributed by atoms with van der Waals surface area (Å²) in [6.45, 7) is 4.99. The first-order valence-electron chi connectivity index (χ1n) is 9.05. The highest BCUT2D eigenvalue weighted by atomic mass is 16.5. The fourth-order valence-electron chi connectivity index (χ4n) is 3.90. The highest BCUT2D eigenvalue weighted by Crippen LogP contribution is 2.32. The molecule has 2 aliphatic heterocycles. The molecule has 1 amide bonds. The van der Waals surface area contributed by atoms with E-state index in [-0.39, 0.29) is 5.91 Å². The zero-order chi connectivity index (χ0) is 17.1. The molecule has 2 heterocycles. The zero-order valence-electron chi connectivity index (χ0n) is 14.9. The number of nitrogens with one attached hydrogen (secondary N) is 1. The number of amides is 1. The van der Waals surface area contributed by atoms with Crippen LogP contribution in [0.15, 0.2) is 18.2 Å². The lowest BCUT2D eigenvalue weighted by molar-refractivity contribution is 0.0681. The van der Waals surface area contributed by atoms with E-state index >= 15 is 0 Å². The van der Waals surface area contributed by atoms with E-state index in [0.717, 1.165) is 12.8 Å². The lowest BCUT2D eigenvalue weighted by Gasteiger charge is -2.35. The van der Waals surface area contributed by atoms with Crippen molar-refractivity contribution in [3.8, 4) is 11.5 Å². The van der Waals surface area contributed by atoms with Crippen LogP contribution < -0.4 is 14.8 Å². The number of hydrogen-bond acceptors (Lipinski definition) is 4. The van der Waals surface area contributed by atoms with E-state index in [1.165, 1.54) is 12.8 Å². The van der Waals surface area contributed by atoms with E-state index in [1.54, 1.807) is 0 Å². The topological polar surface area (TPSA) is 50.8 Å². The number of nitrogens with zero attached hydrogens (tertiary/aromatic N) is 1. The fourth-order valence-corrected chi connectivity index (χ4v) is 3.90. The molecule has 2 aliphatic rings. The van der Waals surface area contributed by atoms with Crippen LogP contribution in [0, 0.1) is 0 Å². The number of hydrogen-bond donors (Lipinski definition) is 1. The molecule has 2 fully saturated rings. The maximum absolute atomic E-state index is 12.9. The van der Waals surface area contributed by atoms with E-state index in [9.17, 15) is 4.79 Å². The number of piperidine rings is 1. The van der Waals surface area contributed by atoms with Gasteiger partial charge in [0.15, 0.2) is 11.5 Å². The predicted molar refractivity (Wildman–Crippen MR) is 93.8 cm³/mol. The van der Waals surface area contributed by atoms with Gasteiger partial charge in [-0.05, 0) is 57.7 Å². The maximum atomic E-state index is 12.9. The zero-order valence-corrected chi connectivity index (χ0v) is 14.9. The fraction of sp³-hybridized carbons (Fsp3) is 0.632. The summed E-state index contributed by atoms with van der Waals surface area (Å²) in [4.78, 5) is 14.8. The largest absolute Gasteiger partial charge is 0.490 e. The molecule has 2 unspecified atom stereocenters. The third-order valence-corrected chi connectivity index (χ3v) is 5.11. The van der Waals surface area contributed by atoms with Crippen LogP contribution in [0.4, 0.5) is 0 Å². The number of benzene rings is 1. The molecule has 0 radical (unpaired) electrons. The summed E-state index contributed by atoms with van der Waals surface area (Å²) in [5.74, 6) is 1.40. The molecular formula is C19H28N2O3. The summed E-state index contributed by atoms with van der Waals surface area (Å²) in [6.07, 6.45) is 4.57. The average Bonchev–Trinajstić information content (AvgIpc) is 2.93. The van der Waals surface area contributed by atoms with Crippen molar-refractivity contribution in [2.45, 2.75) is 57.7 Å². The Morgan fingerprint density at radius 1 is 1.12 bits per heavy atom. The van der Waals surface area contributed by atoms with Gasteiger partial charge in [-0.15, -0.1) is 0 Å². The first-order valence-corrected chi connectivity index (χ1v) is 9.05. The first-order chi connectivity index (χ1) is 11.6. The van der Waals surface area contributed by atoms with Gasteiger partial charge >= 0.3 is 0 Å². The van der Waals surface area contributed by atoms with E-state index < -0.39 is 0 Å². The monoisotopic (exact) mass is 332 g/mol. The van der Waals surface area contributed by atoms with Gasteiger partial charge in [0.1, 0.15) is 0 Å². The van der Waals surface area contributed by atoms with Crippen molar-refractivity contribution in [1.82, 2.24) is 10.2 Å². The Morgan fingerprint density at radius 3 is 2.38 bits per heavy atom. The van der Waals surface area contributed by atoms with E-state index in [4.69, 9.17) is 9.47 Å². The smallest absolute Gasteiger partial charge is 0.253 e. The van der Waals surface area contributed by atoms with Gasteiger partial charge in [-0.3, -0.25) is 4.79 Å². The molecule has 2 atom stereocenters. The van der Waals surface area contributed by atoms with Gasteiger partial charge in [0, 0.05) is 30.7 Å². The number of rotatable bonds is 6. The molecule has 1 aromatic rings. The van der Waals surface area contributed by atoms with E-state index in [1.807, 2.05) is 44.0 Å². The summed E-state index contributed by atoms with van der Waals surface area (Å²) >= 11 is 0. The van der Waals surface area contributed by atoms with Crippen LogP contribution in [0.3, 0.4) is 0 Å². The molecule has 1 N–H and O–H groups in total. The predicted octanol–water partition coefficient (Wildman–Crippen LogP) is 2.84. The molecule has 2 saturated heterocycles. The third kappa shape index (κ3) is 3.51. The normalized spacial score (nSPS) is 25.4. The van der Waals surface area contributed by atoms with Crippen molar-refractivity contribution >= 4 is 5.91 Å². The molecule has 0 saturated carbocycles. The average molecular weight is 332 g/mol. The van der Waals surface area contributed by atoms with Gasteiger partial charge in [-0.25, -0.2) is 0 Å². The summed E-state index contributed by atoms with van der Waals surface area (Å²) in [6, 6.07) is 6.94. The summed E-state index contributed by atoms with van der Waals surface area (Å²) in [5.41, 5.74) is 0.662. The van der Waals surface area contributed by atoms with Crippen molar-refractivity contribution in [2.75, 3.05) is 20.3 Å². The quantitative estimate of drug-likeness (QED) is 0.870. The first kappa shape index (κ1) is 17.1. The molecular weight excluding hydrogens is 304 g/mol. The summed E-state index contributed by atoms with van der Waals surface area (Å²) in [5, 5.41) is 3.63. The van der Waals surface area contributed by atoms with Crippen molar-refractivity contribution in [2.24, 2.45) is 0 Å². The second kappa shape index (κ2) is 7.43. The van der Waals surface area contributed by atoms with Gasteiger partial charge in [0.05, 0.1) is 13.2 Å². The minimum absolute atomic E-state index is 0.0605. The van der Waals surface area contributed by atoms with Crippen LogP contribution in [0.25, 0.3) is 0 Å². The highest BCUT2D eigenvalue weighted by Gasteiger charge is 2.36. The maximum Gasteiger partial charge on any atom is 0.253 e. The molecule has 1 aromatic carbocycles. The van der Waals surface area contributed by atoms with Gasteiger partial charge in [0.2, 0.25) is 0 Å². The van der Waals surface area contributed by atoms with Gasteiger partial charge in [-0.2, -0.15) is 0 Å². The Morgan fingerprint density at radius 2 is 1.75 bits per heavy atom. The lowest BCUT2D eigenvalue weighted by atomic mass is 9.98. The van der Waals surface area contributed by atoms with Crippen molar-refractivity contribution < 1.29 is 14.3 Å². The van der Waals surface area contributed by atoms with Crippen LogP contribution in [-0.2, 0) is 0 Å². The Kier molecular flexibility index (Phi) is 5.29. The molecule has 5 heteroatoms. The van der Waals surface area contributed by atoms with Crippen molar-refractivity contribution in [1.29, 1.82) is 0 Å². The van der Waals surface area contributed by atoms with Crippen LogP contribution in [0.1, 0.15) is 49.9 Å². The number of ether oxygens (including phenoxy) is 2. The number of fused-ring (bicyclic) bond motifs is 2. The highest BCUT2D eigenvalue weighted by molar-refractivity contribution is 5.95. The molecule has 5 nitrogen and oxygen atoms in total. The van der Waals surface area contributed by atoms with Crippen LogP contribution in [0.5, 0.6) is 11.5 Å². The molecule has 24 heavy (non-hydrogen) atoms. The Hall–Kier alpha value is -1.75. The lowest BCUT2D eigenvalue weighted by Crippen LogP contribution is -2.48. The second-order valence-corrected chi connectivity index (χ2v) is 6.71. The molecule has 0 aliphatic carbocycles. The van der Waals surface area contributed by atoms with Gasteiger partial charge in [0.25, 0.3) is 5.91 Å². The van der Waals surface area contributed by atoms with E-state index in [2.05, 4.69) is 5.32 Å². The van der Waals surface area contributed by atoms with E-state index in [0.29, 0.717) is 48.4 Å². The minimum atomic E-state index is 0.0605. The Bertz CT molecular complexity index is 578. The Labute approximate surface area is 144 Å². The molecule has 2 bridgehead atoms. The summed E-state index contributed by atoms with van der Waals surface area (Å²) in [7, 11) is 1.93. The van der Waals surface area contributed by atoms with Crippen LogP contribution >= 0.6 is 0 Å². The third-order valence-electron chi connectivity index (χ3n) is 5.11. The van der Waals surface area contributed by atoms with Crippen molar-refractivity contribution in [3.05, 3.63) is 23.8 Å². The summed E-state index contributed by atoms with van der Waals surface area (Å²) < 4.78 is 11.2. The number of carbonyl (C=O) groups excluding carboxylic acids is 1. The number of carbonyl (C=O) groups is 1. The minimum Gasteiger partial charge on any atom is -0.490 e. The molecule has 3 rings (SSSR count). The van der Waals surface area contributed by atoms with Gasteiger partial charge < -0.3 is 19.7 Å². The molecule has 0 aromatic heterocycles. The molecule has 132 valence electrons. The Balaban J connectivity index is 1.74. The SMILES string of the molecule is CCOc1ccc(C(=O)N(C)C2CC3CCC(C2)N3)cc1OCC. The van der Waals surface area contributed by atoms with Crippen LogP contribution in [0.2, 0.25) is 0 Å².